The van der Waals surface area contributed by atoms with Crippen molar-refractivity contribution in [3.05, 3.63) is 34.4 Å². The Balaban J connectivity index is 1.67. The quantitative estimate of drug-likeness (QED) is 0.614. The van der Waals surface area contributed by atoms with Crippen molar-refractivity contribution in [2.24, 2.45) is 5.92 Å². The molecule has 0 radical (unpaired) electrons. The Hall–Kier alpha value is -1.35. The molecule has 0 unspecified atom stereocenters. The number of quaternary nitrogens is 1. The van der Waals surface area contributed by atoms with Gasteiger partial charge in [0.05, 0.1) is 31.7 Å². The molecule has 2 heterocycles. The zero-order valence-corrected chi connectivity index (χ0v) is 15.7. The topological polar surface area (TPSA) is 26.3 Å². The van der Waals surface area contributed by atoms with Crippen LogP contribution in [0.5, 0.6) is 0 Å². The van der Waals surface area contributed by atoms with Gasteiger partial charge in [0.2, 0.25) is 0 Å². The summed E-state index contributed by atoms with van der Waals surface area (Å²) in [6, 6.07) is 4.75. The summed E-state index contributed by atoms with van der Waals surface area (Å²) < 4.78 is 6.99. The molecule has 2 aliphatic rings. The Morgan fingerprint density at radius 1 is 1.04 bits per heavy atom. The second kappa shape index (κ2) is 6.87. The fraction of sp³-hybridized carbons (Fsp3) is 0.667. The lowest BCUT2D eigenvalue weighted by Gasteiger charge is -2.51. The number of hydrogen-bond acceptors (Lipinski definition) is 2. The molecule has 0 aliphatic carbocycles. The molecule has 0 saturated carbocycles. The molecule has 0 aromatic heterocycles. The largest absolute Gasteiger partial charge is 0.462 e. The number of esters is 1. The van der Waals surface area contributed by atoms with Gasteiger partial charge in [0.15, 0.2) is 0 Å². The number of fused-ring (bicyclic) bond motifs is 1. The molecule has 3 atom stereocenters. The van der Waals surface area contributed by atoms with Crippen LogP contribution in [0.15, 0.2) is 12.1 Å². The lowest BCUT2D eigenvalue weighted by molar-refractivity contribution is -0.947. The van der Waals surface area contributed by atoms with Crippen molar-refractivity contribution in [3.63, 3.8) is 0 Å². The maximum atomic E-state index is 12.6. The van der Waals surface area contributed by atoms with Crippen LogP contribution in [0.1, 0.15) is 59.2 Å². The van der Waals surface area contributed by atoms with Crippen LogP contribution in [0.2, 0.25) is 0 Å². The Kier molecular flexibility index (Phi) is 5.00. The molecular weight excluding hydrogens is 298 g/mol. The van der Waals surface area contributed by atoms with E-state index < -0.39 is 0 Å². The zero-order chi connectivity index (χ0) is 17.3. The van der Waals surface area contributed by atoms with Crippen LogP contribution >= 0.6 is 0 Å². The van der Waals surface area contributed by atoms with Crippen LogP contribution in [-0.4, -0.2) is 43.2 Å². The summed E-state index contributed by atoms with van der Waals surface area (Å²) in [7, 11) is 2.41. The van der Waals surface area contributed by atoms with Gasteiger partial charge in [0.25, 0.3) is 0 Å². The molecule has 2 saturated heterocycles. The van der Waals surface area contributed by atoms with E-state index >= 15 is 0 Å². The number of aryl methyl sites for hydroxylation is 3. The Morgan fingerprint density at radius 3 is 2.54 bits per heavy atom. The predicted octanol–water partition coefficient (Wildman–Crippen LogP) is 4.18. The first-order valence-electron chi connectivity index (χ1n) is 9.50. The van der Waals surface area contributed by atoms with E-state index in [4.69, 9.17) is 4.74 Å². The lowest BCUT2D eigenvalue weighted by atomic mass is 9.82. The summed E-state index contributed by atoms with van der Waals surface area (Å²) in [5.41, 5.74) is 4.13. The van der Waals surface area contributed by atoms with Gasteiger partial charge in [-0.2, -0.15) is 0 Å². The van der Waals surface area contributed by atoms with Gasteiger partial charge >= 0.3 is 5.97 Å². The van der Waals surface area contributed by atoms with Gasteiger partial charge in [-0.1, -0.05) is 6.07 Å². The molecule has 2 fully saturated rings. The average molecular weight is 330 g/mol. The van der Waals surface area contributed by atoms with Gasteiger partial charge < -0.3 is 9.22 Å². The van der Waals surface area contributed by atoms with Gasteiger partial charge in [-0.05, 0) is 69.2 Å². The fourth-order valence-electron chi connectivity index (χ4n) is 4.87. The van der Waals surface area contributed by atoms with Gasteiger partial charge in [-0.3, -0.25) is 0 Å². The van der Waals surface area contributed by atoms with Crippen LogP contribution in [-0.2, 0) is 4.74 Å². The number of ether oxygens (including phenoxy) is 1. The van der Waals surface area contributed by atoms with E-state index in [2.05, 4.69) is 27.0 Å². The smallest absolute Gasteiger partial charge is 0.338 e. The number of nitrogens with zero attached hydrogens (tertiary/aromatic N) is 1. The van der Waals surface area contributed by atoms with E-state index in [0.717, 1.165) is 16.7 Å². The summed E-state index contributed by atoms with van der Waals surface area (Å²) in [4.78, 5) is 12.6. The van der Waals surface area contributed by atoms with E-state index in [1.54, 1.807) is 0 Å². The number of rotatable bonds is 3. The fourth-order valence-corrected chi connectivity index (χ4v) is 4.87. The molecule has 0 N–H and O–H groups in total. The molecule has 3 heteroatoms. The number of carbonyl (C=O) groups excluding carboxylic acids is 1. The molecule has 24 heavy (non-hydrogen) atoms. The van der Waals surface area contributed by atoms with E-state index in [1.165, 1.54) is 55.2 Å². The van der Waals surface area contributed by atoms with Crippen molar-refractivity contribution in [3.8, 4) is 0 Å². The minimum atomic E-state index is -0.147. The summed E-state index contributed by atoms with van der Waals surface area (Å²) >= 11 is 0. The zero-order valence-electron chi connectivity index (χ0n) is 15.7. The molecular formula is C21H32NO2+. The van der Waals surface area contributed by atoms with E-state index in [1.807, 2.05) is 13.0 Å². The first kappa shape index (κ1) is 17.5. The van der Waals surface area contributed by atoms with E-state index in [9.17, 15) is 4.79 Å². The Morgan fingerprint density at radius 2 is 1.75 bits per heavy atom. The number of carbonyl (C=O) groups is 1. The Bertz CT molecular complexity index is 621. The predicted molar refractivity (Wildman–Crippen MR) is 97.2 cm³/mol. The van der Waals surface area contributed by atoms with Gasteiger partial charge in [-0.25, -0.2) is 4.79 Å². The standard InChI is InChI=1S/C21H32NO2/c1-15-12-17(3)19(13-16(15)2)21(23)24-14-18-8-7-11-22(4)10-6-5-9-20(18)22/h12-13,18,20H,5-11,14H2,1-4H3/q+1/t18-,20+,22-/m0/s1. The highest BCUT2D eigenvalue weighted by Crippen LogP contribution is 2.36. The maximum absolute atomic E-state index is 12.6. The molecule has 0 spiro atoms. The molecule has 1 aromatic carbocycles. The molecule has 3 nitrogen and oxygen atoms in total. The molecule has 3 rings (SSSR count). The normalized spacial score (nSPS) is 29.8. The molecule has 2 aliphatic heterocycles. The van der Waals surface area contributed by atoms with Gasteiger partial charge in [0, 0.05) is 12.3 Å². The molecule has 0 amide bonds. The second-order valence-electron chi connectivity index (χ2n) is 8.24. The number of hydrogen-bond donors (Lipinski definition) is 0. The third kappa shape index (κ3) is 3.37. The van der Waals surface area contributed by atoms with Crippen LogP contribution in [0.3, 0.4) is 0 Å². The van der Waals surface area contributed by atoms with E-state index in [-0.39, 0.29) is 5.97 Å². The summed E-state index contributed by atoms with van der Waals surface area (Å²) in [5, 5.41) is 0. The lowest BCUT2D eigenvalue weighted by Crippen LogP contribution is -2.61. The van der Waals surface area contributed by atoms with Crippen molar-refractivity contribution in [1.29, 1.82) is 0 Å². The molecule has 1 aromatic rings. The van der Waals surface area contributed by atoms with Crippen molar-refractivity contribution in [1.82, 2.24) is 0 Å². The molecule has 132 valence electrons. The third-order valence-electron chi connectivity index (χ3n) is 6.50. The molecule has 0 bridgehead atoms. The highest BCUT2D eigenvalue weighted by atomic mass is 16.5. The van der Waals surface area contributed by atoms with Crippen LogP contribution in [0.25, 0.3) is 0 Å². The number of benzene rings is 1. The second-order valence-corrected chi connectivity index (χ2v) is 8.24. The third-order valence-corrected chi connectivity index (χ3v) is 6.50. The summed E-state index contributed by atoms with van der Waals surface area (Å²) in [6.45, 7) is 9.32. The Labute approximate surface area is 146 Å². The average Bonchev–Trinajstić information content (AvgIpc) is 2.55. The van der Waals surface area contributed by atoms with Crippen LogP contribution in [0, 0.1) is 26.7 Å². The van der Waals surface area contributed by atoms with E-state index in [0.29, 0.717) is 18.6 Å². The van der Waals surface area contributed by atoms with Crippen LogP contribution in [0.4, 0.5) is 0 Å². The van der Waals surface area contributed by atoms with Gasteiger partial charge in [-0.15, -0.1) is 0 Å². The monoisotopic (exact) mass is 330 g/mol. The first-order chi connectivity index (χ1) is 11.4. The minimum Gasteiger partial charge on any atom is -0.462 e. The summed E-state index contributed by atoms with van der Waals surface area (Å²) in [6.07, 6.45) is 6.44. The highest BCUT2D eigenvalue weighted by molar-refractivity contribution is 5.91. The number of piperidine rings is 2. The minimum absolute atomic E-state index is 0.147. The maximum Gasteiger partial charge on any atom is 0.338 e. The van der Waals surface area contributed by atoms with Crippen molar-refractivity contribution >= 4 is 5.97 Å². The van der Waals surface area contributed by atoms with Crippen molar-refractivity contribution < 1.29 is 14.0 Å². The first-order valence-corrected chi connectivity index (χ1v) is 9.50. The van der Waals surface area contributed by atoms with Crippen molar-refractivity contribution in [2.45, 2.75) is 58.9 Å². The van der Waals surface area contributed by atoms with Crippen LogP contribution < -0.4 is 0 Å². The SMILES string of the molecule is Cc1cc(C)c(C(=O)OC[C@@H]2CCC[N@+]3(C)CCCC[C@H]23)cc1C. The van der Waals surface area contributed by atoms with Crippen molar-refractivity contribution in [2.75, 3.05) is 26.7 Å². The van der Waals surface area contributed by atoms with Gasteiger partial charge in [0.1, 0.15) is 6.61 Å². The highest BCUT2D eigenvalue weighted by Gasteiger charge is 2.43. The summed E-state index contributed by atoms with van der Waals surface area (Å²) in [5.74, 6) is 0.381.